The van der Waals surface area contributed by atoms with Crippen LogP contribution < -0.4 is 4.90 Å². The van der Waals surface area contributed by atoms with Crippen LogP contribution in [0.3, 0.4) is 0 Å². The summed E-state index contributed by atoms with van der Waals surface area (Å²) in [6.45, 7) is 0. The average molecular weight is 828 g/mol. The number of fused-ring (bicyclic) bond motifs is 1. The van der Waals surface area contributed by atoms with Gasteiger partial charge in [0.05, 0.1) is 5.69 Å². The van der Waals surface area contributed by atoms with E-state index in [1.165, 1.54) is 72.0 Å². The van der Waals surface area contributed by atoms with Gasteiger partial charge in [-0.25, -0.2) is 0 Å². The summed E-state index contributed by atoms with van der Waals surface area (Å²) in [5, 5.41) is 2.47. The quantitative estimate of drug-likeness (QED) is 0.133. The smallest absolute Gasteiger partial charge is 0.0540 e. The monoisotopic (exact) mass is 827 g/mol. The van der Waals surface area contributed by atoms with Crippen LogP contribution >= 0.6 is 0 Å². The standard InChI is InChI=1S/C64H45N/c1-4-19-46(20-5-1)47-37-39-51(40-38-47)59-31-14-15-36-63(59)65(55-28-16-27-53(45-55)58-33-17-26-49-25-10-11-29-56(49)58)54-43-41-52(42-44-54)61-35-18-34-60(50-23-8-3-9-24-50)64(61)62-32-13-12-30-57(62)48-21-6-2-7-22-48/h1-45H. The van der Waals surface area contributed by atoms with Crippen LogP contribution in [0.5, 0.6) is 0 Å². The van der Waals surface area contributed by atoms with Crippen LogP contribution in [0.1, 0.15) is 0 Å². The van der Waals surface area contributed by atoms with Gasteiger partial charge < -0.3 is 4.90 Å². The summed E-state index contributed by atoms with van der Waals surface area (Å²) < 4.78 is 0. The lowest BCUT2D eigenvalue weighted by Gasteiger charge is -2.29. The van der Waals surface area contributed by atoms with Crippen LogP contribution in [0, 0.1) is 0 Å². The SMILES string of the molecule is c1ccc(-c2ccc(-c3ccccc3N(c3ccc(-c4cccc(-c5ccccc5)c4-c4ccccc4-c4ccccc4)cc3)c3cccc(-c4cccc5ccccc45)c3)cc2)cc1. The maximum atomic E-state index is 2.42. The molecule has 0 saturated carbocycles. The van der Waals surface area contributed by atoms with Crippen molar-refractivity contribution in [1.82, 2.24) is 0 Å². The number of para-hydroxylation sites is 1. The van der Waals surface area contributed by atoms with Crippen molar-refractivity contribution >= 4 is 27.8 Å². The first kappa shape index (κ1) is 39.3. The van der Waals surface area contributed by atoms with Gasteiger partial charge in [0.2, 0.25) is 0 Å². The molecular weight excluding hydrogens is 783 g/mol. The highest BCUT2D eigenvalue weighted by molar-refractivity contribution is 6.01. The number of nitrogens with zero attached hydrogens (tertiary/aromatic N) is 1. The summed E-state index contributed by atoms with van der Waals surface area (Å²) in [5.41, 5.74) is 19.9. The molecule has 0 aliphatic heterocycles. The zero-order chi connectivity index (χ0) is 43.4. The van der Waals surface area contributed by atoms with E-state index in [9.17, 15) is 0 Å². The predicted octanol–water partition coefficient (Wildman–Crippen LogP) is 18.0. The van der Waals surface area contributed by atoms with Gasteiger partial charge in [-0.15, -0.1) is 0 Å². The molecule has 1 nitrogen and oxygen atoms in total. The Morgan fingerprint density at radius 3 is 1.34 bits per heavy atom. The zero-order valence-corrected chi connectivity index (χ0v) is 35.9. The van der Waals surface area contributed by atoms with Gasteiger partial charge in [0.25, 0.3) is 0 Å². The number of hydrogen-bond donors (Lipinski definition) is 0. The van der Waals surface area contributed by atoms with Crippen LogP contribution in [-0.2, 0) is 0 Å². The molecule has 0 atom stereocenters. The van der Waals surface area contributed by atoms with E-state index in [0.717, 1.165) is 33.8 Å². The highest BCUT2D eigenvalue weighted by atomic mass is 15.1. The molecule has 0 amide bonds. The van der Waals surface area contributed by atoms with Crippen LogP contribution in [-0.4, -0.2) is 0 Å². The first-order chi connectivity index (χ1) is 32.3. The molecule has 0 aliphatic carbocycles. The summed E-state index contributed by atoms with van der Waals surface area (Å²) in [5.74, 6) is 0. The fraction of sp³-hybridized carbons (Fsp3) is 0. The second-order valence-corrected chi connectivity index (χ2v) is 16.4. The molecular formula is C64H45N. The summed E-state index contributed by atoms with van der Waals surface area (Å²) in [7, 11) is 0. The van der Waals surface area contributed by atoms with Gasteiger partial charge in [-0.2, -0.15) is 0 Å². The van der Waals surface area contributed by atoms with Crippen molar-refractivity contribution in [3.05, 3.63) is 273 Å². The molecule has 0 aliphatic rings. The third-order valence-corrected chi connectivity index (χ3v) is 12.5. The molecule has 65 heavy (non-hydrogen) atoms. The lowest BCUT2D eigenvalue weighted by atomic mass is 9.84. The molecule has 11 aromatic carbocycles. The number of hydrogen-bond acceptors (Lipinski definition) is 1. The minimum atomic E-state index is 1.07. The van der Waals surface area contributed by atoms with E-state index in [1.807, 2.05) is 0 Å². The largest absolute Gasteiger partial charge is 0.310 e. The summed E-state index contributed by atoms with van der Waals surface area (Å²) in [6, 6.07) is 98.9. The zero-order valence-electron chi connectivity index (χ0n) is 35.9. The van der Waals surface area contributed by atoms with Crippen LogP contribution in [0.4, 0.5) is 17.1 Å². The van der Waals surface area contributed by atoms with E-state index in [-0.39, 0.29) is 0 Å². The first-order valence-corrected chi connectivity index (χ1v) is 22.3. The Hall–Kier alpha value is -8.52. The molecule has 1 heteroatoms. The molecule has 11 rings (SSSR count). The topological polar surface area (TPSA) is 3.24 Å². The molecule has 0 spiro atoms. The summed E-state index contributed by atoms with van der Waals surface area (Å²) in [6.07, 6.45) is 0. The molecule has 0 saturated heterocycles. The Morgan fingerprint density at radius 1 is 0.215 bits per heavy atom. The second kappa shape index (κ2) is 17.7. The van der Waals surface area contributed by atoms with E-state index in [4.69, 9.17) is 0 Å². The first-order valence-electron chi connectivity index (χ1n) is 22.3. The second-order valence-electron chi connectivity index (χ2n) is 16.4. The van der Waals surface area contributed by atoms with Crippen molar-refractivity contribution in [2.24, 2.45) is 0 Å². The molecule has 0 bridgehead atoms. The van der Waals surface area contributed by atoms with E-state index >= 15 is 0 Å². The Labute approximate surface area is 381 Å². The fourth-order valence-electron chi connectivity index (χ4n) is 9.40. The van der Waals surface area contributed by atoms with Crippen molar-refractivity contribution in [2.75, 3.05) is 4.90 Å². The summed E-state index contributed by atoms with van der Waals surface area (Å²) >= 11 is 0. The van der Waals surface area contributed by atoms with Crippen LogP contribution in [0.25, 0.3) is 88.7 Å². The average Bonchev–Trinajstić information content (AvgIpc) is 3.39. The van der Waals surface area contributed by atoms with Crippen LogP contribution in [0.2, 0.25) is 0 Å². The van der Waals surface area contributed by atoms with Crippen molar-refractivity contribution in [3.8, 4) is 77.9 Å². The minimum absolute atomic E-state index is 1.07. The van der Waals surface area contributed by atoms with Gasteiger partial charge in [-0.05, 0) is 113 Å². The number of anilines is 3. The van der Waals surface area contributed by atoms with Crippen LogP contribution in [0.15, 0.2) is 273 Å². The highest BCUT2D eigenvalue weighted by Gasteiger charge is 2.21. The lowest BCUT2D eigenvalue weighted by molar-refractivity contribution is 1.28. The van der Waals surface area contributed by atoms with Crippen molar-refractivity contribution < 1.29 is 0 Å². The lowest BCUT2D eigenvalue weighted by Crippen LogP contribution is -2.11. The molecule has 0 fully saturated rings. The van der Waals surface area contributed by atoms with Gasteiger partial charge in [0.1, 0.15) is 0 Å². The van der Waals surface area contributed by atoms with Crippen molar-refractivity contribution in [2.45, 2.75) is 0 Å². The molecule has 0 N–H and O–H groups in total. The molecule has 0 unspecified atom stereocenters. The normalized spacial score (nSPS) is 11.1. The predicted molar refractivity (Wildman–Crippen MR) is 277 cm³/mol. The van der Waals surface area contributed by atoms with Gasteiger partial charge >= 0.3 is 0 Å². The van der Waals surface area contributed by atoms with Crippen molar-refractivity contribution in [3.63, 3.8) is 0 Å². The molecule has 0 radical (unpaired) electrons. The molecule has 0 heterocycles. The highest BCUT2D eigenvalue weighted by Crippen LogP contribution is 2.46. The van der Waals surface area contributed by atoms with Gasteiger partial charge in [-0.3, -0.25) is 0 Å². The van der Waals surface area contributed by atoms with E-state index in [1.54, 1.807) is 0 Å². The number of benzene rings is 11. The van der Waals surface area contributed by atoms with Gasteiger partial charge in [0, 0.05) is 16.9 Å². The maximum Gasteiger partial charge on any atom is 0.0540 e. The summed E-state index contributed by atoms with van der Waals surface area (Å²) in [4.78, 5) is 2.42. The van der Waals surface area contributed by atoms with E-state index in [2.05, 4.69) is 278 Å². The van der Waals surface area contributed by atoms with E-state index in [0.29, 0.717) is 0 Å². The van der Waals surface area contributed by atoms with Gasteiger partial charge in [-0.1, -0.05) is 243 Å². The molecule has 11 aromatic rings. The Kier molecular flexibility index (Phi) is 10.7. The Morgan fingerprint density at radius 2 is 0.631 bits per heavy atom. The Bertz CT molecular complexity index is 3390. The Balaban J connectivity index is 1.07. The van der Waals surface area contributed by atoms with Crippen molar-refractivity contribution in [1.29, 1.82) is 0 Å². The van der Waals surface area contributed by atoms with Gasteiger partial charge in [0.15, 0.2) is 0 Å². The van der Waals surface area contributed by atoms with E-state index < -0.39 is 0 Å². The third-order valence-electron chi connectivity index (χ3n) is 12.5. The molecule has 0 aromatic heterocycles. The minimum Gasteiger partial charge on any atom is -0.310 e. The fourth-order valence-corrected chi connectivity index (χ4v) is 9.40. The molecule has 306 valence electrons. The third kappa shape index (κ3) is 7.82. The number of rotatable bonds is 10. The maximum absolute atomic E-state index is 2.42.